The largest absolute Gasteiger partial charge is 0.378 e. The number of nitrogens with zero attached hydrogens (tertiary/aromatic N) is 2. The third-order valence-corrected chi connectivity index (χ3v) is 7.00. The summed E-state index contributed by atoms with van der Waals surface area (Å²) in [6, 6.07) is 2.10. The molecule has 0 radical (unpaired) electrons. The Labute approximate surface area is 196 Å². The molecule has 2 saturated heterocycles. The van der Waals surface area contributed by atoms with E-state index in [4.69, 9.17) is 9.73 Å². The summed E-state index contributed by atoms with van der Waals surface area (Å²) in [6.07, 6.45) is 17.4. The Morgan fingerprint density at radius 3 is 2.38 bits per heavy atom. The molecule has 2 heterocycles. The van der Waals surface area contributed by atoms with Gasteiger partial charge < -0.3 is 20.3 Å². The first-order valence-electron chi connectivity index (χ1n) is 12.1. The molecule has 29 heavy (non-hydrogen) atoms. The van der Waals surface area contributed by atoms with Crippen LogP contribution in [0.25, 0.3) is 0 Å². The van der Waals surface area contributed by atoms with Gasteiger partial charge in [-0.05, 0) is 71.8 Å². The quantitative estimate of drug-likeness (QED) is 0.200. The molecular weight excluding hydrogens is 475 g/mol. The molecule has 3 aliphatic rings. The Morgan fingerprint density at radius 2 is 1.69 bits per heavy atom. The lowest BCUT2D eigenvalue weighted by Gasteiger charge is -2.47. The van der Waals surface area contributed by atoms with Gasteiger partial charge in [-0.1, -0.05) is 25.7 Å². The van der Waals surface area contributed by atoms with Gasteiger partial charge in [0.1, 0.15) is 0 Å². The van der Waals surface area contributed by atoms with Crippen LogP contribution in [-0.4, -0.2) is 61.8 Å². The van der Waals surface area contributed by atoms with E-state index in [1.165, 1.54) is 77.0 Å². The lowest BCUT2D eigenvalue weighted by atomic mass is 9.82. The van der Waals surface area contributed by atoms with Crippen molar-refractivity contribution < 1.29 is 4.74 Å². The van der Waals surface area contributed by atoms with Crippen molar-refractivity contribution in [1.29, 1.82) is 0 Å². The molecule has 0 spiro atoms. The van der Waals surface area contributed by atoms with E-state index in [-0.39, 0.29) is 24.0 Å². The first-order valence-corrected chi connectivity index (χ1v) is 12.1. The van der Waals surface area contributed by atoms with Crippen molar-refractivity contribution in [3.8, 4) is 0 Å². The van der Waals surface area contributed by atoms with Crippen LogP contribution >= 0.6 is 24.0 Å². The summed E-state index contributed by atoms with van der Waals surface area (Å²) in [5, 5.41) is 7.19. The van der Waals surface area contributed by atoms with Crippen LogP contribution in [0.4, 0.5) is 0 Å². The fraction of sp³-hybridized carbons (Fsp3) is 0.957. The standard InChI is InChI=1S/C23H44N4O.HI/c1-3-24-23(26-19-17-20-11-10-12-21(18-19)27(20)2)25-15-8-5-9-16-28-22-13-6-4-7-14-22;/h19-22H,3-18H2,1-2H3,(H2,24,25,26);1H. The fourth-order valence-electron chi connectivity index (χ4n) is 5.31. The molecule has 0 aromatic rings. The topological polar surface area (TPSA) is 48.9 Å². The molecule has 5 nitrogen and oxygen atoms in total. The predicted octanol–water partition coefficient (Wildman–Crippen LogP) is 4.69. The second kappa shape index (κ2) is 14.1. The number of piperidine rings is 2. The summed E-state index contributed by atoms with van der Waals surface area (Å²) < 4.78 is 6.03. The smallest absolute Gasteiger partial charge is 0.191 e. The van der Waals surface area contributed by atoms with Crippen molar-refractivity contribution in [3.05, 3.63) is 0 Å². The fourth-order valence-corrected chi connectivity index (χ4v) is 5.31. The van der Waals surface area contributed by atoms with Crippen molar-refractivity contribution in [1.82, 2.24) is 15.5 Å². The van der Waals surface area contributed by atoms with Crippen LogP contribution in [-0.2, 0) is 4.74 Å². The monoisotopic (exact) mass is 520 g/mol. The molecule has 3 fully saturated rings. The Bertz CT molecular complexity index is 456. The SMILES string of the molecule is CCNC(=NCCCCCOC1CCCCC1)NC1CC2CCCC(C1)N2C.I. The van der Waals surface area contributed by atoms with Gasteiger partial charge in [0, 0.05) is 37.8 Å². The molecule has 0 aromatic carbocycles. The third kappa shape index (κ3) is 8.52. The van der Waals surface area contributed by atoms with E-state index >= 15 is 0 Å². The van der Waals surface area contributed by atoms with E-state index in [1.54, 1.807) is 0 Å². The highest BCUT2D eigenvalue weighted by atomic mass is 127. The summed E-state index contributed by atoms with van der Waals surface area (Å²) in [6.45, 7) is 4.94. The van der Waals surface area contributed by atoms with E-state index in [0.717, 1.165) is 44.2 Å². The van der Waals surface area contributed by atoms with Crippen molar-refractivity contribution >= 4 is 29.9 Å². The zero-order valence-corrected chi connectivity index (χ0v) is 21.2. The molecule has 170 valence electrons. The number of rotatable bonds is 9. The molecule has 2 unspecified atom stereocenters. The minimum absolute atomic E-state index is 0. The van der Waals surface area contributed by atoms with Gasteiger partial charge in [0.25, 0.3) is 0 Å². The first-order chi connectivity index (χ1) is 13.8. The lowest BCUT2D eigenvalue weighted by molar-refractivity contribution is 0.0264. The first kappa shape index (κ1) is 25.2. The minimum Gasteiger partial charge on any atom is -0.378 e. The number of nitrogens with one attached hydrogen (secondary N) is 2. The van der Waals surface area contributed by atoms with E-state index in [1.807, 2.05) is 0 Å². The Hall–Kier alpha value is -0.0800. The van der Waals surface area contributed by atoms with Crippen molar-refractivity contribution in [2.75, 3.05) is 26.7 Å². The van der Waals surface area contributed by atoms with Crippen molar-refractivity contribution in [2.24, 2.45) is 4.99 Å². The van der Waals surface area contributed by atoms with Crippen LogP contribution < -0.4 is 10.6 Å². The van der Waals surface area contributed by atoms with Gasteiger partial charge in [-0.2, -0.15) is 0 Å². The van der Waals surface area contributed by atoms with Crippen LogP contribution in [0.5, 0.6) is 0 Å². The molecule has 2 N–H and O–H groups in total. The minimum atomic E-state index is 0. The highest BCUT2D eigenvalue weighted by Crippen LogP contribution is 2.32. The molecule has 2 atom stereocenters. The zero-order chi connectivity index (χ0) is 19.6. The van der Waals surface area contributed by atoms with Crippen LogP contribution in [0.15, 0.2) is 4.99 Å². The maximum atomic E-state index is 6.03. The van der Waals surface area contributed by atoms with Crippen molar-refractivity contribution in [2.45, 2.75) is 115 Å². The third-order valence-electron chi connectivity index (χ3n) is 7.00. The predicted molar refractivity (Wildman–Crippen MR) is 133 cm³/mol. The van der Waals surface area contributed by atoms with Gasteiger partial charge in [0.05, 0.1) is 6.10 Å². The maximum absolute atomic E-state index is 6.03. The molecule has 3 rings (SSSR count). The van der Waals surface area contributed by atoms with E-state index in [0.29, 0.717) is 12.1 Å². The van der Waals surface area contributed by atoms with Crippen LogP contribution in [0.3, 0.4) is 0 Å². The van der Waals surface area contributed by atoms with Gasteiger partial charge in [-0.3, -0.25) is 4.99 Å². The number of halogens is 1. The number of unbranched alkanes of at least 4 members (excludes halogenated alkanes) is 2. The Morgan fingerprint density at radius 1 is 0.966 bits per heavy atom. The van der Waals surface area contributed by atoms with Crippen LogP contribution in [0.1, 0.15) is 90.4 Å². The summed E-state index contributed by atoms with van der Waals surface area (Å²) in [7, 11) is 2.32. The average molecular weight is 521 g/mol. The van der Waals surface area contributed by atoms with Gasteiger partial charge in [-0.25, -0.2) is 0 Å². The molecule has 1 aliphatic carbocycles. The van der Waals surface area contributed by atoms with Crippen molar-refractivity contribution in [3.63, 3.8) is 0 Å². The second-order valence-electron chi connectivity index (χ2n) is 9.17. The zero-order valence-electron chi connectivity index (χ0n) is 18.8. The lowest BCUT2D eigenvalue weighted by Crippen LogP contribution is -2.56. The van der Waals surface area contributed by atoms with E-state index < -0.39 is 0 Å². The molecule has 2 bridgehead atoms. The number of ether oxygens (including phenoxy) is 1. The number of hydrogen-bond acceptors (Lipinski definition) is 3. The average Bonchev–Trinajstić information content (AvgIpc) is 2.69. The summed E-state index contributed by atoms with van der Waals surface area (Å²) in [5.41, 5.74) is 0. The number of aliphatic imine (C=N–C) groups is 1. The number of guanidine groups is 1. The second-order valence-corrected chi connectivity index (χ2v) is 9.17. The van der Waals surface area contributed by atoms with Gasteiger partial charge in [0.2, 0.25) is 0 Å². The summed E-state index contributed by atoms with van der Waals surface area (Å²) in [5.74, 6) is 1.02. The van der Waals surface area contributed by atoms with Crippen LogP contribution in [0, 0.1) is 0 Å². The van der Waals surface area contributed by atoms with Gasteiger partial charge in [0.15, 0.2) is 5.96 Å². The maximum Gasteiger partial charge on any atom is 0.191 e. The normalized spacial score (nSPS) is 28.6. The van der Waals surface area contributed by atoms with Gasteiger partial charge >= 0.3 is 0 Å². The van der Waals surface area contributed by atoms with E-state index in [2.05, 4.69) is 29.5 Å². The Balaban J connectivity index is 0.00000300. The van der Waals surface area contributed by atoms with Crippen LogP contribution in [0.2, 0.25) is 0 Å². The summed E-state index contributed by atoms with van der Waals surface area (Å²) in [4.78, 5) is 7.47. The molecule has 0 amide bonds. The number of hydrogen-bond donors (Lipinski definition) is 2. The highest BCUT2D eigenvalue weighted by Gasteiger charge is 2.36. The summed E-state index contributed by atoms with van der Waals surface area (Å²) >= 11 is 0. The van der Waals surface area contributed by atoms with Gasteiger partial charge in [-0.15, -0.1) is 24.0 Å². The van der Waals surface area contributed by atoms with E-state index in [9.17, 15) is 0 Å². The molecular formula is C23H45IN4O. The molecule has 0 aromatic heterocycles. The number of fused-ring (bicyclic) bond motifs is 2. The molecule has 6 heteroatoms. The molecule has 2 aliphatic heterocycles. The highest BCUT2D eigenvalue weighted by molar-refractivity contribution is 14.0. The molecule has 1 saturated carbocycles. The Kier molecular flexibility index (Phi) is 12.2.